The number of carbonyl (C=O) groups is 2. The number of rotatable bonds is 12. The first kappa shape index (κ1) is 33.7. The van der Waals surface area contributed by atoms with Crippen LogP contribution in [0.1, 0.15) is 48.4 Å². The molecule has 4 rings (SSSR count). The molecule has 0 saturated heterocycles. The van der Waals surface area contributed by atoms with Crippen molar-refractivity contribution in [3.8, 4) is 11.5 Å². The molecule has 2 atom stereocenters. The van der Waals surface area contributed by atoms with Crippen molar-refractivity contribution in [2.75, 3.05) is 6.54 Å². The van der Waals surface area contributed by atoms with Crippen molar-refractivity contribution < 1.29 is 37.7 Å². The lowest BCUT2D eigenvalue weighted by atomic mass is 10.0. The number of aromatic carboxylic acids is 1. The highest BCUT2D eigenvalue weighted by molar-refractivity contribution is 7.91. The molecule has 0 aromatic heterocycles. The van der Waals surface area contributed by atoms with Crippen LogP contribution in [0.4, 0.5) is 0 Å². The van der Waals surface area contributed by atoms with Crippen LogP contribution < -0.4 is 10.1 Å². The molecule has 4 aromatic rings. The molecule has 0 aliphatic heterocycles. The third-order valence-electron chi connectivity index (χ3n) is 6.63. The van der Waals surface area contributed by atoms with Crippen molar-refractivity contribution in [3.05, 3.63) is 119 Å². The standard InChI is InChI=1S/C34H34ClNO8S/c1-34(2,3)44-33(40)30(31(37)23-6-4-8-25(35)20-23)36-19-18-22-10-14-28(15-11-22)45(41,42)29-16-12-26(13-17-29)43-27-9-5-7-24(21-27)32(38)39/h4-17,20-21,30-31,36-37H,18-19H2,1-3H3,(H,38,39)/t30?,31-/m1/s1. The van der Waals surface area contributed by atoms with Crippen LogP contribution in [0.15, 0.2) is 107 Å². The normalized spacial score (nSPS) is 13.1. The molecule has 0 bridgehead atoms. The fourth-order valence-corrected chi connectivity index (χ4v) is 5.89. The number of sulfone groups is 1. The Bertz CT molecular complexity index is 1750. The number of aliphatic hydroxyl groups excluding tert-OH is 1. The van der Waals surface area contributed by atoms with Crippen molar-refractivity contribution in [2.24, 2.45) is 0 Å². The maximum absolute atomic E-state index is 13.3. The van der Waals surface area contributed by atoms with Gasteiger partial charge in [0.05, 0.1) is 15.4 Å². The quantitative estimate of drug-likeness (QED) is 0.152. The molecular weight excluding hydrogens is 618 g/mol. The van der Waals surface area contributed by atoms with Gasteiger partial charge in [-0.2, -0.15) is 0 Å². The zero-order chi connectivity index (χ0) is 32.8. The van der Waals surface area contributed by atoms with Crippen LogP contribution in [0, 0.1) is 0 Å². The molecule has 0 fully saturated rings. The fourth-order valence-electron chi connectivity index (χ4n) is 4.43. The maximum Gasteiger partial charge on any atom is 0.335 e. The van der Waals surface area contributed by atoms with Gasteiger partial charge >= 0.3 is 11.9 Å². The van der Waals surface area contributed by atoms with E-state index in [2.05, 4.69) is 5.32 Å². The van der Waals surface area contributed by atoms with Gasteiger partial charge in [0.2, 0.25) is 9.84 Å². The second-order valence-corrected chi connectivity index (χ2v) is 13.7. The van der Waals surface area contributed by atoms with Crippen LogP contribution in [0.5, 0.6) is 11.5 Å². The number of ether oxygens (including phenoxy) is 2. The number of esters is 1. The van der Waals surface area contributed by atoms with Gasteiger partial charge in [-0.15, -0.1) is 0 Å². The molecule has 0 saturated carbocycles. The van der Waals surface area contributed by atoms with Crippen LogP contribution in [0.3, 0.4) is 0 Å². The van der Waals surface area contributed by atoms with Crippen LogP contribution in [-0.2, 0) is 25.8 Å². The van der Waals surface area contributed by atoms with E-state index in [-0.39, 0.29) is 15.4 Å². The zero-order valence-electron chi connectivity index (χ0n) is 24.9. The third-order valence-corrected chi connectivity index (χ3v) is 8.65. The Morgan fingerprint density at radius 1 is 0.867 bits per heavy atom. The van der Waals surface area contributed by atoms with E-state index in [0.717, 1.165) is 5.56 Å². The van der Waals surface area contributed by atoms with Crippen LogP contribution in [0.25, 0.3) is 0 Å². The molecule has 3 N–H and O–H groups in total. The summed E-state index contributed by atoms with van der Waals surface area (Å²) in [7, 11) is -3.83. The highest BCUT2D eigenvalue weighted by atomic mass is 35.5. The predicted molar refractivity (Wildman–Crippen MR) is 170 cm³/mol. The van der Waals surface area contributed by atoms with Crippen molar-refractivity contribution in [2.45, 2.75) is 54.7 Å². The molecule has 1 unspecified atom stereocenters. The third kappa shape index (κ3) is 9.15. The van der Waals surface area contributed by atoms with Crippen LogP contribution >= 0.6 is 11.6 Å². The van der Waals surface area contributed by atoms with E-state index in [0.29, 0.717) is 35.1 Å². The van der Waals surface area contributed by atoms with E-state index in [4.69, 9.17) is 26.2 Å². The van der Waals surface area contributed by atoms with E-state index in [1.165, 1.54) is 48.5 Å². The van der Waals surface area contributed by atoms with Crippen molar-refractivity contribution >= 4 is 33.4 Å². The number of hydrogen-bond acceptors (Lipinski definition) is 8. The topological polar surface area (TPSA) is 139 Å². The SMILES string of the molecule is CC(C)(C)OC(=O)C(NCCc1ccc(S(=O)(=O)c2ccc(Oc3cccc(C(=O)O)c3)cc2)cc1)[C@H](O)c1cccc(Cl)c1. The van der Waals surface area contributed by atoms with E-state index in [1.807, 2.05) is 0 Å². The Morgan fingerprint density at radius 3 is 2.09 bits per heavy atom. The van der Waals surface area contributed by atoms with Crippen molar-refractivity contribution in [1.29, 1.82) is 0 Å². The van der Waals surface area contributed by atoms with Gasteiger partial charge in [0.15, 0.2) is 0 Å². The maximum atomic E-state index is 13.3. The molecule has 236 valence electrons. The number of carboxylic acids is 1. The summed E-state index contributed by atoms with van der Waals surface area (Å²) in [4.78, 5) is 24.3. The molecule has 45 heavy (non-hydrogen) atoms. The molecule has 4 aromatic carbocycles. The minimum Gasteiger partial charge on any atom is -0.478 e. The van der Waals surface area contributed by atoms with E-state index in [1.54, 1.807) is 69.3 Å². The largest absolute Gasteiger partial charge is 0.478 e. The van der Waals surface area contributed by atoms with Crippen LogP contribution in [-0.4, -0.2) is 48.8 Å². The second kappa shape index (κ2) is 14.3. The first-order valence-corrected chi connectivity index (χ1v) is 15.9. The number of hydrogen-bond donors (Lipinski definition) is 3. The minimum absolute atomic E-state index is 0.0683. The molecule has 0 amide bonds. The summed E-state index contributed by atoms with van der Waals surface area (Å²) in [5, 5.41) is 23.7. The summed E-state index contributed by atoms with van der Waals surface area (Å²) < 4.78 is 37.7. The Labute approximate surface area is 267 Å². The van der Waals surface area contributed by atoms with Gasteiger partial charge in [0, 0.05) is 11.6 Å². The monoisotopic (exact) mass is 651 g/mol. The van der Waals surface area contributed by atoms with Gasteiger partial charge in [0.25, 0.3) is 0 Å². The highest BCUT2D eigenvalue weighted by Crippen LogP contribution is 2.27. The predicted octanol–water partition coefficient (Wildman–Crippen LogP) is 6.24. The zero-order valence-corrected chi connectivity index (χ0v) is 26.5. The van der Waals surface area contributed by atoms with Gasteiger partial charge in [-0.05, 0) is 105 Å². The Hall–Kier alpha value is -4.22. The summed E-state index contributed by atoms with van der Waals surface area (Å²) in [6.45, 7) is 5.53. The summed E-state index contributed by atoms with van der Waals surface area (Å²) in [5.74, 6) is -1.03. The van der Waals surface area contributed by atoms with E-state index < -0.39 is 39.5 Å². The average molecular weight is 652 g/mol. The molecule has 0 aliphatic carbocycles. The summed E-state index contributed by atoms with van der Waals surface area (Å²) in [6, 6.07) is 23.8. The van der Waals surface area contributed by atoms with Gasteiger partial charge in [-0.25, -0.2) is 13.2 Å². The number of carboxylic acid groups (broad SMARTS) is 1. The number of aliphatic hydroxyl groups is 1. The van der Waals surface area contributed by atoms with Gasteiger partial charge in [-0.3, -0.25) is 4.79 Å². The molecule has 0 radical (unpaired) electrons. The van der Waals surface area contributed by atoms with E-state index >= 15 is 0 Å². The highest BCUT2D eigenvalue weighted by Gasteiger charge is 2.32. The number of nitrogens with one attached hydrogen (secondary N) is 1. The summed E-state index contributed by atoms with van der Waals surface area (Å²) in [5.41, 5.74) is 0.596. The van der Waals surface area contributed by atoms with Gasteiger partial charge in [0.1, 0.15) is 29.2 Å². The van der Waals surface area contributed by atoms with Crippen molar-refractivity contribution in [3.63, 3.8) is 0 Å². The molecule has 0 spiro atoms. The smallest absolute Gasteiger partial charge is 0.335 e. The Kier molecular flexibility index (Phi) is 10.7. The second-order valence-electron chi connectivity index (χ2n) is 11.3. The molecule has 0 heterocycles. The first-order valence-electron chi connectivity index (χ1n) is 14.1. The Morgan fingerprint density at radius 2 is 1.49 bits per heavy atom. The number of halogens is 1. The van der Waals surface area contributed by atoms with E-state index in [9.17, 15) is 23.1 Å². The Balaban J connectivity index is 1.40. The lowest BCUT2D eigenvalue weighted by Gasteiger charge is -2.27. The lowest BCUT2D eigenvalue weighted by molar-refractivity contribution is -0.160. The van der Waals surface area contributed by atoms with Gasteiger partial charge in [-0.1, -0.05) is 41.9 Å². The number of benzene rings is 4. The summed E-state index contributed by atoms with van der Waals surface area (Å²) in [6.07, 6.45) is -0.769. The van der Waals surface area contributed by atoms with Crippen molar-refractivity contribution in [1.82, 2.24) is 5.32 Å². The molecule has 9 nitrogen and oxygen atoms in total. The fraction of sp³-hybridized carbons (Fsp3) is 0.235. The van der Waals surface area contributed by atoms with Crippen LogP contribution in [0.2, 0.25) is 5.02 Å². The molecule has 11 heteroatoms. The lowest BCUT2D eigenvalue weighted by Crippen LogP contribution is -2.46. The average Bonchev–Trinajstić information content (AvgIpc) is 2.99. The minimum atomic E-state index is -3.83. The molecular formula is C34H34ClNO8S. The first-order chi connectivity index (χ1) is 21.2. The molecule has 0 aliphatic rings. The van der Waals surface area contributed by atoms with Gasteiger partial charge < -0.3 is 25.0 Å². The summed E-state index contributed by atoms with van der Waals surface area (Å²) >= 11 is 6.09. The number of carbonyl (C=O) groups excluding carboxylic acids is 1.